The third kappa shape index (κ3) is 2.89. The number of rotatable bonds is 2. The van der Waals surface area contributed by atoms with Crippen molar-refractivity contribution in [3.05, 3.63) is 34.9 Å². The van der Waals surface area contributed by atoms with Crippen molar-refractivity contribution in [3.63, 3.8) is 0 Å². The van der Waals surface area contributed by atoms with Gasteiger partial charge >= 0.3 is 0 Å². The van der Waals surface area contributed by atoms with Crippen LogP contribution in [0, 0.1) is 32.6 Å². The van der Waals surface area contributed by atoms with Gasteiger partial charge in [-0.15, -0.1) is 12.4 Å². The fourth-order valence-electron chi connectivity index (χ4n) is 4.48. The van der Waals surface area contributed by atoms with Gasteiger partial charge in [0.25, 0.3) is 11.6 Å². The molecule has 0 aromatic carbocycles. The lowest BCUT2D eigenvalue weighted by Gasteiger charge is -2.18. The number of amides is 1. The Morgan fingerprint density at radius 1 is 1.18 bits per heavy atom. The first kappa shape index (κ1) is 19.0. The number of furan rings is 1. The molecule has 0 spiro atoms. The van der Waals surface area contributed by atoms with E-state index in [2.05, 4.69) is 15.5 Å². The number of aryl methyl sites for hydroxylation is 3. The smallest absolute Gasteiger partial charge is 0.259 e. The molecule has 1 N–H and O–H groups in total. The highest BCUT2D eigenvalue weighted by atomic mass is 35.5. The summed E-state index contributed by atoms with van der Waals surface area (Å²) < 4.78 is 11.1. The van der Waals surface area contributed by atoms with Crippen LogP contribution in [-0.2, 0) is 0 Å². The van der Waals surface area contributed by atoms with E-state index >= 15 is 0 Å². The van der Waals surface area contributed by atoms with E-state index in [1.807, 2.05) is 37.8 Å². The summed E-state index contributed by atoms with van der Waals surface area (Å²) in [5, 5.41) is 8.16. The predicted octanol–water partition coefficient (Wildman–Crippen LogP) is 3.12. The summed E-state index contributed by atoms with van der Waals surface area (Å²) in [5.74, 6) is 2.71. The number of pyridine rings is 1. The fourth-order valence-corrected chi connectivity index (χ4v) is 4.48. The molecule has 2 atom stereocenters. The maximum Gasteiger partial charge on any atom is 0.259 e. The molecule has 28 heavy (non-hydrogen) atoms. The molecule has 0 bridgehead atoms. The average Bonchev–Trinajstić information content (AvgIpc) is 3.38. The van der Waals surface area contributed by atoms with Gasteiger partial charge in [0.1, 0.15) is 11.5 Å². The molecule has 0 radical (unpaired) electrons. The van der Waals surface area contributed by atoms with Crippen LogP contribution in [0.2, 0.25) is 0 Å². The van der Waals surface area contributed by atoms with Crippen molar-refractivity contribution in [2.45, 2.75) is 20.8 Å². The van der Waals surface area contributed by atoms with Crippen molar-refractivity contribution in [2.75, 3.05) is 26.2 Å². The molecule has 3 aromatic heterocycles. The maximum absolute atomic E-state index is 13.4. The minimum Gasteiger partial charge on any atom is -0.466 e. The average molecular weight is 403 g/mol. The number of hydrogen-bond donors (Lipinski definition) is 1. The second kappa shape index (κ2) is 6.90. The zero-order valence-electron chi connectivity index (χ0n) is 16.1. The summed E-state index contributed by atoms with van der Waals surface area (Å²) in [4.78, 5) is 20.0. The van der Waals surface area contributed by atoms with Crippen molar-refractivity contribution in [2.24, 2.45) is 11.8 Å². The predicted molar refractivity (Wildman–Crippen MR) is 107 cm³/mol. The second-order valence-corrected chi connectivity index (χ2v) is 7.72. The van der Waals surface area contributed by atoms with Crippen LogP contribution >= 0.6 is 12.4 Å². The molecular weight excluding hydrogens is 380 g/mol. The minimum atomic E-state index is 0. The van der Waals surface area contributed by atoms with Crippen LogP contribution < -0.4 is 5.32 Å². The standard InChI is InChI=1S/C20H22N4O3.ClH/c1-10-4-15(12(3)26-10)17-5-16(18-11(2)23-27-19(18)22-17)20(25)24-8-13-6-21-7-14(13)9-24;/h4-5,13-14,21H,6-9H2,1-3H3;1H/t13-,14+;. The van der Waals surface area contributed by atoms with Gasteiger partial charge in [-0.05, 0) is 44.7 Å². The third-order valence-electron chi connectivity index (χ3n) is 5.84. The van der Waals surface area contributed by atoms with Gasteiger partial charge in [-0.2, -0.15) is 0 Å². The van der Waals surface area contributed by atoms with E-state index in [1.165, 1.54) is 0 Å². The number of halogens is 1. The van der Waals surface area contributed by atoms with Crippen molar-refractivity contribution < 1.29 is 13.7 Å². The number of nitrogens with one attached hydrogen (secondary N) is 1. The number of hydrogen-bond acceptors (Lipinski definition) is 6. The van der Waals surface area contributed by atoms with Gasteiger partial charge < -0.3 is 19.2 Å². The van der Waals surface area contributed by atoms with Crippen molar-refractivity contribution in [1.29, 1.82) is 0 Å². The molecule has 2 fully saturated rings. The summed E-state index contributed by atoms with van der Waals surface area (Å²) in [6, 6.07) is 3.80. The molecule has 8 heteroatoms. The lowest BCUT2D eigenvalue weighted by molar-refractivity contribution is 0.0783. The Balaban J connectivity index is 0.00000192. The van der Waals surface area contributed by atoms with Gasteiger partial charge in [0.05, 0.1) is 22.3 Å². The fraction of sp³-hybridized carbons (Fsp3) is 0.450. The van der Waals surface area contributed by atoms with E-state index < -0.39 is 0 Å². The number of carbonyl (C=O) groups excluding carboxylic acids is 1. The summed E-state index contributed by atoms with van der Waals surface area (Å²) in [7, 11) is 0. The van der Waals surface area contributed by atoms with Crippen molar-refractivity contribution in [1.82, 2.24) is 20.4 Å². The van der Waals surface area contributed by atoms with Gasteiger partial charge in [0.2, 0.25) is 0 Å². The lowest BCUT2D eigenvalue weighted by atomic mass is 10.0. The highest BCUT2D eigenvalue weighted by Gasteiger charge is 2.39. The van der Waals surface area contributed by atoms with E-state index in [4.69, 9.17) is 8.94 Å². The zero-order chi connectivity index (χ0) is 18.7. The molecule has 5 heterocycles. The Kier molecular flexibility index (Phi) is 4.67. The first-order chi connectivity index (χ1) is 13.0. The van der Waals surface area contributed by atoms with E-state index in [1.54, 1.807) is 0 Å². The van der Waals surface area contributed by atoms with Crippen LogP contribution in [0.1, 0.15) is 27.6 Å². The zero-order valence-corrected chi connectivity index (χ0v) is 16.9. The summed E-state index contributed by atoms with van der Waals surface area (Å²) in [6.07, 6.45) is 0. The molecule has 2 aliphatic rings. The Hall–Kier alpha value is -2.38. The molecule has 0 saturated carbocycles. The first-order valence-corrected chi connectivity index (χ1v) is 9.35. The van der Waals surface area contributed by atoms with Gasteiger partial charge in [0, 0.05) is 31.7 Å². The van der Waals surface area contributed by atoms with Gasteiger partial charge in [-0.3, -0.25) is 4.79 Å². The topological polar surface area (TPSA) is 84.4 Å². The van der Waals surface area contributed by atoms with Gasteiger partial charge in [-0.25, -0.2) is 4.98 Å². The van der Waals surface area contributed by atoms with E-state index in [9.17, 15) is 4.79 Å². The quantitative estimate of drug-likeness (QED) is 0.709. The minimum absolute atomic E-state index is 0. The van der Waals surface area contributed by atoms with Crippen molar-refractivity contribution in [3.8, 4) is 11.3 Å². The van der Waals surface area contributed by atoms with E-state index in [0.717, 1.165) is 43.3 Å². The molecule has 7 nitrogen and oxygen atoms in total. The Bertz CT molecular complexity index is 1050. The third-order valence-corrected chi connectivity index (χ3v) is 5.84. The normalized spacial score (nSPS) is 21.2. The molecule has 0 aliphatic carbocycles. The van der Waals surface area contributed by atoms with Crippen LogP contribution in [0.5, 0.6) is 0 Å². The Morgan fingerprint density at radius 3 is 2.54 bits per heavy atom. The number of likely N-dealkylation sites (tertiary alicyclic amines) is 1. The number of aromatic nitrogens is 2. The molecule has 3 aromatic rings. The van der Waals surface area contributed by atoms with Crippen LogP contribution in [0.15, 0.2) is 21.1 Å². The number of nitrogens with zero attached hydrogens (tertiary/aromatic N) is 3. The highest BCUT2D eigenvalue weighted by Crippen LogP contribution is 2.33. The van der Waals surface area contributed by atoms with Crippen LogP contribution in [-0.4, -0.2) is 47.1 Å². The van der Waals surface area contributed by atoms with Crippen molar-refractivity contribution >= 4 is 29.4 Å². The first-order valence-electron chi connectivity index (χ1n) is 9.35. The van der Waals surface area contributed by atoms with E-state index in [-0.39, 0.29) is 18.3 Å². The summed E-state index contributed by atoms with van der Waals surface area (Å²) in [6.45, 7) is 9.22. The molecule has 0 unspecified atom stereocenters. The number of fused-ring (bicyclic) bond motifs is 2. The van der Waals surface area contributed by atoms with Gasteiger partial charge in [-0.1, -0.05) is 5.16 Å². The van der Waals surface area contributed by atoms with Crippen LogP contribution in [0.25, 0.3) is 22.4 Å². The van der Waals surface area contributed by atoms with Crippen LogP contribution in [0.4, 0.5) is 0 Å². The molecule has 2 aliphatic heterocycles. The molecular formula is C20H23ClN4O3. The summed E-state index contributed by atoms with van der Waals surface area (Å²) >= 11 is 0. The Morgan fingerprint density at radius 2 is 1.89 bits per heavy atom. The largest absolute Gasteiger partial charge is 0.466 e. The number of carbonyl (C=O) groups is 1. The summed E-state index contributed by atoms with van der Waals surface area (Å²) in [5.41, 5.74) is 3.25. The highest BCUT2D eigenvalue weighted by molar-refractivity contribution is 6.07. The molecule has 1 amide bonds. The van der Waals surface area contributed by atoms with Crippen LogP contribution in [0.3, 0.4) is 0 Å². The Labute approximate surface area is 168 Å². The van der Waals surface area contributed by atoms with Gasteiger partial charge in [0.15, 0.2) is 0 Å². The maximum atomic E-state index is 13.4. The molecule has 5 rings (SSSR count). The lowest BCUT2D eigenvalue weighted by Crippen LogP contribution is -2.32. The SMILES string of the molecule is Cc1cc(-c2cc(C(=O)N3C[C@H]4CNC[C@H]4C3)c3c(C)noc3n2)c(C)o1.Cl. The van der Waals surface area contributed by atoms with E-state index in [0.29, 0.717) is 39.9 Å². The molecule has 148 valence electrons. The molecule has 2 saturated heterocycles. The second-order valence-electron chi connectivity index (χ2n) is 7.72. The monoisotopic (exact) mass is 402 g/mol.